The average Bonchev–Trinajstić information content (AvgIpc) is 2.65. The third kappa shape index (κ3) is 6.56. The number of nitrogens with zero attached hydrogens (tertiary/aromatic N) is 1. The fraction of sp³-hybridized carbons (Fsp3) is 0.300. The molecule has 7 heteroatoms. The third-order valence-electron chi connectivity index (χ3n) is 3.94. The monoisotopic (exact) mass is 452 g/mol. The zero-order chi connectivity index (χ0) is 19.8. The molecule has 2 amide bonds. The van der Waals surface area contributed by atoms with Crippen molar-refractivity contribution in [1.29, 1.82) is 0 Å². The van der Waals surface area contributed by atoms with Gasteiger partial charge >= 0.3 is 0 Å². The summed E-state index contributed by atoms with van der Waals surface area (Å²) in [4.78, 5) is 26.6. The molecule has 0 bridgehead atoms. The van der Waals surface area contributed by atoms with Crippen molar-refractivity contribution >= 4 is 39.3 Å². The Morgan fingerprint density at radius 3 is 2.56 bits per heavy atom. The molecule has 0 saturated heterocycles. The van der Waals surface area contributed by atoms with Gasteiger partial charge in [0.15, 0.2) is 6.61 Å². The first-order chi connectivity index (χ1) is 12.9. The Kier molecular flexibility index (Phi) is 8.13. The van der Waals surface area contributed by atoms with E-state index in [4.69, 9.17) is 16.3 Å². The molecule has 0 heterocycles. The van der Waals surface area contributed by atoms with E-state index in [1.807, 2.05) is 31.2 Å². The van der Waals surface area contributed by atoms with Crippen molar-refractivity contribution in [2.75, 3.05) is 13.2 Å². The van der Waals surface area contributed by atoms with Crippen molar-refractivity contribution in [3.8, 4) is 5.75 Å². The van der Waals surface area contributed by atoms with Gasteiger partial charge in [0, 0.05) is 22.6 Å². The highest BCUT2D eigenvalue weighted by Gasteiger charge is 2.26. The molecule has 144 valence electrons. The molecule has 0 saturated carbocycles. The topological polar surface area (TPSA) is 58.6 Å². The Bertz CT molecular complexity index is 783. The van der Waals surface area contributed by atoms with Crippen molar-refractivity contribution in [1.82, 2.24) is 10.2 Å². The van der Waals surface area contributed by atoms with Gasteiger partial charge in [-0.05, 0) is 55.8 Å². The molecule has 0 unspecified atom stereocenters. The minimum absolute atomic E-state index is 0.167. The van der Waals surface area contributed by atoms with E-state index in [0.29, 0.717) is 23.9 Å². The second kappa shape index (κ2) is 10.3. The molecular weight excluding hydrogens is 432 g/mol. The number of amides is 2. The molecule has 2 rings (SSSR count). The molecule has 0 aliphatic rings. The van der Waals surface area contributed by atoms with Gasteiger partial charge in [-0.25, -0.2) is 0 Å². The standard InChI is InChI=1S/C20H22BrClN2O3/c1-3-23-20(26)14(2)24(12-15-5-4-6-16(21)11-15)19(25)13-27-18-9-7-17(22)8-10-18/h4-11,14H,3,12-13H2,1-2H3,(H,23,26)/t14-/m0/s1. The van der Waals surface area contributed by atoms with Crippen molar-refractivity contribution in [3.63, 3.8) is 0 Å². The minimum Gasteiger partial charge on any atom is -0.484 e. The van der Waals surface area contributed by atoms with Gasteiger partial charge in [-0.15, -0.1) is 0 Å². The lowest BCUT2D eigenvalue weighted by molar-refractivity contribution is -0.142. The van der Waals surface area contributed by atoms with Gasteiger partial charge in [0.2, 0.25) is 5.91 Å². The third-order valence-corrected chi connectivity index (χ3v) is 4.68. The fourth-order valence-corrected chi connectivity index (χ4v) is 3.07. The van der Waals surface area contributed by atoms with Gasteiger partial charge in [0.1, 0.15) is 11.8 Å². The minimum atomic E-state index is -0.620. The Balaban J connectivity index is 2.12. The summed E-state index contributed by atoms with van der Waals surface area (Å²) in [6, 6.07) is 13.8. The van der Waals surface area contributed by atoms with Crippen molar-refractivity contribution < 1.29 is 14.3 Å². The van der Waals surface area contributed by atoms with Gasteiger partial charge in [-0.3, -0.25) is 9.59 Å². The fourth-order valence-electron chi connectivity index (χ4n) is 2.50. The van der Waals surface area contributed by atoms with Crippen LogP contribution >= 0.6 is 27.5 Å². The molecule has 0 radical (unpaired) electrons. The summed E-state index contributed by atoms with van der Waals surface area (Å²) in [5, 5.41) is 3.35. The van der Waals surface area contributed by atoms with E-state index < -0.39 is 6.04 Å². The van der Waals surface area contributed by atoms with Gasteiger partial charge in [-0.2, -0.15) is 0 Å². The highest BCUT2D eigenvalue weighted by molar-refractivity contribution is 9.10. The van der Waals surface area contributed by atoms with Crippen molar-refractivity contribution in [2.45, 2.75) is 26.4 Å². The number of likely N-dealkylation sites (N-methyl/N-ethyl adjacent to an activating group) is 1. The zero-order valence-corrected chi connectivity index (χ0v) is 17.6. The molecular formula is C20H22BrClN2O3. The highest BCUT2D eigenvalue weighted by atomic mass is 79.9. The first-order valence-electron chi connectivity index (χ1n) is 8.60. The summed E-state index contributed by atoms with van der Waals surface area (Å²) in [5.41, 5.74) is 0.917. The highest BCUT2D eigenvalue weighted by Crippen LogP contribution is 2.17. The van der Waals surface area contributed by atoms with Crippen LogP contribution in [0.5, 0.6) is 5.75 Å². The Morgan fingerprint density at radius 1 is 1.22 bits per heavy atom. The molecule has 0 spiro atoms. The van der Waals surface area contributed by atoms with E-state index in [9.17, 15) is 9.59 Å². The lowest BCUT2D eigenvalue weighted by Crippen LogP contribution is -2.49. The van der Waals surface area contributed by atoms with Crippen LogP contribution in [0.3, 0.4) is 0 Å². The van der Waals surface area contributed by atoms with Crippen molar-refractivity contribution in [3.05, 3.63) is 63.6 Å². The van der Waals surface area contributed by atoms with Crippen LogP contribution in [0.25, 0.3) is 0 Å². The molecule has 2 aromatic carbocycles. The summed E-state index contributed by atoms with van der Waals surface area (Å²) in [6.07, 6.45) is 0. The van der Waals surface area contributed by atoms with E-state index >= 15 is 0 Å². The van der Waals surface area contributed by atoms with E-state index in [-0.39, 0.29) is 18.4 Å². The molecule has 2 aromatic rings. The summed E-state index contributed by atoms with van der Waals surface area (Å²) >= 11 is 9.28. The Hall–Kier alpha value is -2.05. The largest absolute Gasteiger partial charge is 0.484 e. The normalized spacial score (nSPS) is 11.6. The van der Waals surface area contributed by atoms with Crippen molar-refractivity contribution in [2.24, 2.45) is 0 Å². The van der Waals surface area contributed by atoms with Crippen LogP contribution in [0.4, 0.5) is 0 Å². The second-order valence-corrected chi connectivity index (χ2v) is 7.32. The number of rotatable bonds is 8. The summed E-state index contributed by atoms with van der Waals surface area (Å²) < 4.78 is 6.48. The summed E-state index contributed by atoms with van der Waals surface area (Å²) in [6.45, 7) is 4.20. The number of nitrogens with one attached hydrogen (secondary N) is 1. The van der Waals surface area contributed by atoms with E-state index in [0.717, 1.165) is 10.0 Å². The summed E-state index contributed by atoms with van der Waals surface area (Å²) in [7, 11) is 0. The first-order valence-corrected chi connectivity index (χ1v) is 9.77. The maximum atomic E-state index is 12.8. The van der Waals surface area contributed by atoms with Crippen LogP contribution in [0.2, 0.25) is 5.02 Å². The number of halogens is 2. The first kappa shape index (κ1) is 21.3. The predicted molar refractivity (Wildman–Crippen MR) is 110 cm³/mol. The molecule has 5 nitrogen and oxygen atoms in total. The Labute approximate surface area is 172 Å². The van der Waals surface area contributed by atoms with Gasteiger partial charge < -0.3 is 15.0 Å². The molecule has 0 aromatic heterocycles. The lowest BCUT2D eigenvalue weighted by Gasteiger charge is -2.28. The predicted octanol–water partition coefficient (Wildman–Crippen LogP) is 4.03. The van der Waals surface area contributed by atoms with Crippen LogP contribution in [0.15, 0.2) is 53.0 Å². The maximum Gasteiger partial charge on any atom is 0.261 e. The molecule has 0 fully saturated rings. The van der Waals surface area contributed by atoms with Gasteiger partial charge in [-0.1, -0.05) is 39.7 Å². The van der Waals surface area contributed by atoms with Crippen LogP contribution in [-0.2, 0) is 16.1 Å². The number of carbonyl (C=O) groups is 2. The molecule has 0 aliphatic heterocycles. The summed E-state index contributed by atoms with van der Waals surface area (Å²) in [5.74, 6) is 0.0665. The average molecular weight is 454 g/mol. The Morgan fingerprint density at radius 2 is 1.93 bits per heavy atom. The SMILES string of the molecule is CCNC(=O)[C@H](C)N(Cc1cccc(Br)c1)C(=O)COc1ccc(Cl)cc1. The van der Waals surface area contributed by atoms with E-state index in [2.05, 4.69) is 21.2 Å². The van der Waals surface area contributed by atoms with Crippen LogP contribution < -0.4 is 10.1 Å². The zero-order valence-electron chi connectivity index (χ0n) is 15.2. The van der Waals surface area contributed by atoms with Crippen LogP contribution in [-0.4, -0.2) is 35.9 Å². The number of hydrogen-bond acceptors (Lipinski definition) is 3. The van der Waals surface area contributed by atoms with Crippen LogP contribution in [0, 0.1) is 0 Å². The molecule has 1 atom stereocenters. The number of carbonyl (C=O) groups excluding carboxylic acids is 2. The van der Waals surface area contributed by atoms with Gasteiger partial charge in [0.05, 0.1) is 0 Å². The maximum absolute atomic E-state index is 12.8. The van der Waals surface area contributed by atoms with Crippen LogP contribution in [0.1, 0.15) is 19.4 Å². The van der Waals surface area contributed by atoms with Gasteiger partial charge in [0.25, 0.3) is 5.91 Å². The quantitative estimate of drug-likeness (QED) is 0.656. The number of benzene rings is 2. The number of ether oxygens (including phenoxy) is 1. The smallest absolute Gasteiger partial charge is 0.261 e. The lowest BCUT2D eigenvalue weighted by atomic mass is 10.1. The molecule has 0 aliphatic carbocycles. The molecule has 27 heavy (non-hydrogen) atoms. The molecule has 1 N–H and O–H groups in total. The second-order valence-electron chi connectivity index (χ2n) is 5.96. The number of hydrogen-bond donors (Lipinski definition) is 1. The van der Waals surface area contributed by atoms with E-state index in [1.54, 1.807) is 31.2 Å². The van der Waals surface area contributed by atoms with E-state index in [1.165, 1.54) is 4.90 Å².